The molecule has 0 spiro atoms. The molecule has 4 rings (SSSR count). The number of fused-ring (bicyclic) bond motifs is 3. The first kappa shape index (κ1) is 15.0. The average molecular weight is 318 g/mol. The molecule has 2 aromatic carbocycles. The molecule has 122 valence electrons. The van der Waals surface area contributed by atoms with E-state index in [1.807, 2.05) is 18.2 Å². The number of rotatable bonds is 1. The van der Waals surface area contributed by atoms with Gasteiger partial charge in [-0.2, -0.15) is 0 Å². The molecule has 1 fully saturated rings. The van der Waals surface area contributed by atoms with Crippen LogP contribution >= 0.6 is 0 Å². The van der Waals surface area contributed by atoms with Gasteiger partial charge in [0.25, 0.3) is 5.92 Å². The van der Waals surface area contributed by atoms with E-state index in [-0.39, 0.29) is 11.5 Å². The molecule has 0 saturated heterocycles. The van der Waals surface area contributed by atoms with E-state index in [0.29, 0.717) is 17.9 Å². The summed E-state index contributed by atoms with van der Waals surface area (Å²) in [5.41, 5.74) is 0.203. The van der Waals surface area contributed by atoms with E-state index in [0.717, 1.165) is 36.5 Å². The van der Waals surface area contributed by atoms with E-state index in [1.165, 1.54) is 6.07 Å². The number of alkyl halides is 2. The highest BCUT2D eigenvalue weighted by molar-refractivity contribution is 5.87. The summed E-state index contributed by atoms with van der Waals surface area (Å²) in [6, 6.07) is 8.57. The third-order valence-electron chi connectivity index (χ3n) is 5.96. The Balaban J connectivity index is 1.79. The molecule has 2 aromatic rings. The Morgan fingerprint density at radius 3 is 2.48 bits per heavy atom. The summed E-state index contributed by atoms with van der Waals surface area (Å²) >= 11 is 0. The van der Waals surface area contributed by atoms with Gasteiger partial charge in [-0.25, -0.2) is 13.2 Å². The lowest BCUT2D eigenvalue weighted by Gasteiger charge is -2.33. The fraction of sp³-hybridized carbons (Fsp3) is 0.500. The van der Waals surface area contributed by atoms with Gasteiger partial charge in [0.1, 0.15) is 5.82 Å². The van der Waals surface area contributed by atoms with E-state index in [1.54, 1.807) is 6.07 Å². The maximum atomic E-state index is 15.0. The molecule has 0 radical (unpaired) electrons. The molecule has 2 aliphatic rings. The molecule has 0 amide bonds. The fourth-order valence-electron chi connectivity index (χ4n) is 4.64. The first-order valence-corrected chi connectivity index (χ1v) is 8.57. The zero-order chi connectivity index (χ0) is 16.2. The van der Waals surface area contributed by atoms with Crippen LogP contribution in [-0.2, 0) is 12.3 Å². The molecule has 0 aliphatic heterocycles. The largest absolute Gasteiger partial charge is 0.279 e. The normalized spacial score (nSPS) is 29.7. The smallest absolute Gasteiger partial charge is 0.206 e. The van der Waals surface area contributed by atoms with Gasteiger partial charge in [0.2, 0.25) is 0 Å². The minimum absolute atomic E-state index is 0.00626. The molecule has 0 N–H and O–H groups in total. The summed E-state index contributed by atoms with van der Waals surface area (Å²) < 4.78 is 44.5. The molecule has 2 aliphatic carbocycles. The molecular formula is C20H21F3. The average Bonchev–Trinajstić information content (AvgIpc) is 2.81. The van der Waals surface area contributed by atoms with Crippen molar-refractivity contribution in [3.05, 3.63) is 47.3 Å². The maximum Gasteiger partial charge on any atom is 0.279 e. The highest BCUT2D eigenvalue weighted by Gasteiger charge is 2.53. The van der Waals surface area contributed by atoms with Crippen molar-refractivity contribution in [1.29, 1.82) is 0 Å². The lowest BCUT2D eigenvalue weighted by molar-refractivity contribution is -0.0835. The minimum Gasteiger partial charge on any atom is -0.206 e. The summed E-state index contributed by atoms with van der Waals surface area (Å²) in [5, 5.41) is 1.51. The van der Waals surface area contributed by atoms with Crippen LogP contribution < -0.4 is 0 Å². The lowest BCUT2D eigenvalue weighted by atomic mass is 9.74. The quantitative estimate of drug-likeness (QED) is 0.598. The molecule has 1 atom stereocenters. The second-order valence-electron chi connectivity index (χ2n) is 7.39. The van der Waals surface area contributed by atoms with Crippen LogP contribution in [0, 0.1) is 23.6 Å². The van der Waals surface area contributed by atoms with Crippen molar-refractivity contribution in [3.63, 3.8) is 0 Å². The van der Waals surface area contributed by atoms with Gasteiger partial charge in [-0.3, -0.25) is 0 Å². The maximum absolute atomic E-state index is 15.0. The van der Waals surface area contributed by atoms with Crippen molar-refractivity contribution in [2.45, 2.75) is 45.0 Å². The van der Waals surface area contributed by atoms with Crippen LogP contribution in [0.15, 0.2) is 30.3 Å². The molecule has 0 heterocycles. The van der Waals surface area contributed by atoms with Crippen molar-refractivity contribution >= 4 is 10.8 Å². The third kappa shape index (κ3) is 2.28. The number of hydrogen-bond donors (Lipinski definition) is 0. The van der Waals surface area contributed by atoms with Crippen LogP contribution in [0.1, 0.15) is 43.7 Å². The third-order valence-corrected chi connectivity index (χ3v) is 5.96. The minimum atomic E-state index is -3.05. The Kier molecular flexibility index (Phi) is 3.44. The van der Waals surface area contributed by atoms with Gasteiger partial charge in [0.15, 0.2) is 0 Å². The monoisotopic (exact) mass is 318 g/mol. The van der Waals surface area contributed by atoms with Gasteiger partial charge in [-0.05, 0) is 53.5 Å². The molecule has 23 heavy (non-hydrogen) atoms. The fourth-order valence-corrected chi connectivity index (χ4v) is 4.64. The molecule has 0 bridgehead atoms. The summed E-state index contributed by atoms with van der Waals surface area (Å²) in [7, 11) is 0. The van der Waals surface area contributed by atoms with Gasteiger partial charge in [-0.1, -0.05) is 44.0 Å². The highest BCUT2D eigenvalue weighted by Crippen LogP contribution is 2.54. The van der Waals surface area contributed by atoms with Gasteiger partial charge in [-0.15, -0.1) is 0 Å². The molecule has 1 unspecified atom stereocenters. The molecule has 3 heteroatoms. The molecule has 0 aromatic heterocycles. The summed E-state index contributed by atoms with van der Waals surface area (Å²) in [6.45, 7) is 2.19. The number of benzene rings is 2. The van der Waals surface area contributed by atoms with E-state index in [9.17, 15) is 4.39 Å². The Labute approximate surface area is 134 Å². The standard InChI is InChI=1S/C20H21F3/c1-12-6-8-13(9-7-12)17-11-16-15-5-3-2-4-14(15)10-18(21)19(16)20(17,22)23/h2-5,10,12-13,17H,6-9,11H2,1H3. The molecule has 1 saturated carbocycles. The summed E-state index contributed by atoms with van der Waals surface area (Å²) in [5.74, 6) is -3.90. The van der Waals surface area contributed by atoms with E-state index < -0.39 is 17.7 Å². The van der Waals surface area contributed by atoms with Crippen molar-refractivity contribution < 1.29 is 13.2 Å². The molecular weight excluding hydrogens is 297 g/mol. The predicted octanol–water partition coefficient (Wildman–Crippen LogP) is 6.07. The number of hydrogen-bond acceptors (Lipinski definition) is 0. The van der Waals surface area contributed by atoms with E-state index in [4.69, 9.17) is 0 Å². The Morgan fingerprint density at radius 1 is 1.04 bits per heavy atom. The Hall–Kier alpha value is -1.51. The Morgan fingerprint density at radius 2 is 1.74 bits per heavy atom. The summed E-state index contributed by atoms with van der Waals surface area (Å²) in [6.07, 6.45) is 4.01. The van der Waals surface area contributed by atoms with Crippen LogP contribution in [-0.4, -0.2) is 0 Å². The zero-order valence-corrected chi connectivity index (χ0v) is 13.3. The van der Waals surface area contributed by atoms with Crippen LogP contribution in [0.2, 0.25) is 0 Å². The van der Waals surface area contributed by atoms with E-state index >= 15 is 8.78 Å². The van der Waals surface area contributed by atoms with Gasteiger partial charge >= 0.3 is 0 Å². The van der Waals surface area contributed by atoms with Gasteiger partial charge < -0.3 is 0 Å². The number of halogens is 3. The topological polar surface area (TPSA) is 0 Å². The van der Waals surface area contributed by atoms with Crippen molar-refractivity contribution in [2.75, 3.05) is 0 Å². The van der Waals surface area contributed by atoms with Gasteiger partial charge in [0.05, 0.1) is 5.56 Å². The first-order chi connectivity index (χ1) is 11.0. The van der Waals surface area contributed by atoms with Crippen LogP contribution in [0.5, 0.6) is 0 Å². The van der Waals surface area contributed by atoms with Crippen molar-refractivity contribution in [3.8, 4) is 0 Å². The second kappa shape index (κ2) is 5.25. The van der Waals surface area contributed by atoms with Gasteiger partial charge in [0, 0.05) is 5.92 Å². The Bertz CT molecular complexity index is 742. The van der Waals surface area contributed by atoms with Crippen molar-refractivity contribution in [2.24, 2.45) is 17.8 Å². The highest BCUT2D eigenvalue weighted by atomic mass is 19.3. The van der Waals surface area contributed by atoms with E-state index in [2.05, 4.69) is 6.92 Å². The molecule has 0 nitrogen and oxygen atoms in total. The predicted molar refractivity (Wildman–Crippen MR) is 86.1 cm³/mol. The van der Waals surface area contributed by atoms with Crippen molar-refractivity contribution in [1.82, 2.24) is 0 Å². The van der Waals surface area contributed by atoms with Crippen LogP contribution in [0.4, 0.5) is 13.2 Å². The first-order valence-electron chi connectivity index (χ1n) is 8.57. The van der Waals surface area contributed by atoms with Crippen LogP contribution in [0.3, 0.4) is 0 Å². The second-order valence-corrected chi connectivity index (χ2v) is 7.39. The zero-order valence-electron chi connectivity index (χ0n) is 13.3. The van der Waals surface area contributed by atoms with Crippen LogP contribution in [0.25, 0.3) is 10.8 Å². The SMILES string of the molecule is CC1CCC(C2Cc3c(c(F)cc4ccccc34)C2(F)F)CC1. The summed E-state index contributed by atoms with van der Waals surface area (Å²) in [4.78, 5) is 0. The lowest BCUT2D eigenvalue weighted by Crippen LogP contribution is -2.31.